The average Bonchev–Trinajstić information content (AvgIpc) is 2.48. The van der Waals surface area contributed by atoms with Crippen LogP contribution in [0, 0.1) is 6.92 Å². The second kappa shape index (κ2) is 6.93. The van der Waals surface area contributed by atoms with Crippen LogP contribution in [0.2, 0.25) is 0 Å². The molecule has 3 nitrogen and oxygen atoms in total. The molecule has 2 rings (SSSR count). The van der Waals surface area contributed by atoms with Crippen molar-refractivity contribution in [3.8, 4) is 0 Å². The molecule has 0 radical (unpaired) electrons. The summed E-state index contributed by atoms with van der Waals surface area (Å²) < 4.78 is 0.982. The van der Waals surface area contributed by atoms with Gasteiger partial charge in [0.05, 0.1) is 0 Å². The lowest BCUT2D eigenvalue weighted by molar-refractivity contribution is 0.0799. The Hall–Kier alpha value is -0.870. The molecule has 1 aliphatic rings. The topological polar surface area (TPSA) is 32.3 Å². The van der Waals surface area contributed by atoms with Gasteiger partial charge < -0.3 is 10.2 Å². The van der Waals surface area contributed by atoms with Crippen LogP contribution in [0.5, 0.6) is 0 Å². The van der Waals surface area contributed by atoms with Crippen molar-refractivity contribution in [2.24, 2.45) is 0 Å². The summed E-state index contributed by atoms with van der Waals surface area (Å²) in [5, 5.41) is 3.14. The molecule has 1 saturated carbocycles. The van der Waals surface area contributed by atoms with Crippen LogP contribution in [0.1, 0.15) is 48.0 Å². The highest BCUT2D eigenvalue weighted by molar-refractivity contribution is 9.10. The molecule has 1 aromatic carbocycles. The number of hydrogen-bond acceptors (Lipinski definition) is 2. The molecule has 0 atom stereocenters. The van der Waals surface area contributed by atoms with Crippen LogP contribution in [0.25, 0.3) is 0 Å². The number of carbonyl (C=O) groups excluding carboxylic acids is 1. The molecule has 116 valence electrons. The number of carbonyl (C=O) groups is 1. The minimum Gasteiger partial charge on any atom is -0.350 e. The van der Waals surface area contributed by atoms with Crippen LogP contribution >= 0.6 is 15.9 Å². The van der Waals surface area contributed by atoms with E-state index in [-0.39, 0.29) is 11.4 Å². The molecule has 0 spiro atoms. The minimum absolute atomic E-state index is 0.0162. The number of amides is 1. The van der Waals surface area contributed by atoms with Crippen LogP contribution in [0.4, 0.5) is 0 Å². The van der Waals surface area contributed by atoms with E-state index in [0.717, 1.165) is 35.0 Å². The molecule has 0 bridgehead atoms. The average molecular weight is 353 g/mol. The maximum Gasteiger partial charge on any atom is 0.251 e. The van der Waals surface area contributed by atoms with Gasteiger partial charge in [-0.25, -0.2) is 0 Å². The summed E-state index contributed by atoms with van der Waals surface area (Å²) in [7, 11) is 4.25. The van der Waals surface area contributed by atoms with Gasteiger partial charge in [-0.3, -0.25) is 4.79 Å². The molecule has 0 aliphatic heterocycles. The van der Waals surface area contributed by atoms with Crippen LogP contribution in [-0.4, -0.2) is 37.0 Å². The normalized spacial score (nSPS) is 17.8. The molecule has 0 aromatic heterocycles. The van der Waals surface area contributed by atoms with Crippen molar-refractivity contribution in [2.75, 3.05) is 20.6 Å². The zero-order valence-corrected chi connectivity index (χ0v) is 14.8. The number of halogens is 1. The van der Waals surface area contributed by atoms with Crippen molar-refractivity contribution < 1.29 is 4.79 Å². The highest BCUT2D eigenvalue weighted by Crippen LogP contribution is 2.31. The van der Waals surface area contributed by atoms with E-state index in [1.54, 1.807) is 0 Å². The first-order chi connectivity index (χ1) is 9.94. The number of hydrogen-bond donors (Lipinski definition) is 1. The monoisotopic (exact) mass is 352 g/mol. The summed E-state index contributed by atoms with van der Waals surface area (Å²) in [5.74, 6) is 0.0162. The van der Waals surface area contributed by atoms with Gasteiger partial charge in [0.1, 0.15) is 0 Å². The third-order valence-electron chi connectivity index (χ3n) is 4.74. The van der Waals surface area contributed by atoms with E-state index in [1.165, 1.54) is 19.3 Å². The van der Waals surface area contributed by atoms with Crippen molar-refractivity contribution in [3.63, 3.8) is 0 Å². The lowest BCUT2D eigenvalue weighted by atomic mass is 9.80. The molecule has 1 aliphatic carbocycles. The molecule has 1 amide bonds. The number of benzene rings is 1. The predicted molar refractivity (Wildman–Crippen MR) is 90.7 cm³/mol. The van der Waals surface area contributed by atoms with Crippen LogP contribution < -0.4 is 5.32 Å². The minimum atomic E-state index is 0.0162. The Morgan fingerprint density at radius 2 is 1.95 bits per heavy atom. The van der Waals surface area contributed by atoms with Gasteiger partial charge in [0, 0.05) is 22.1 Å². The SMILES string of the molecule is Cc1ccc(C(=O)NCC2(N(C)C)CCCCC2)cc1Br. The first-order valence-electron chi connectivity index (χ1n) is 7.66. The van der Waals surface area contributed by atoms with Gasteiger partial charge in [-0.15, -0.1) is 0 Å². The smallest absolute Gasteiger partial charge is 0.251 e. The Kier molecular flexibility index (Phi) is 5.44. The summed E-state index contributed by atoms with van der Waals surface area (Å²) in [6.07, 6.45) is 6.15. The summed E-state index contributed by atoms with van der Waals surface area (Å²) >= 11 is 3.49. The largest absolute Gasteiger partial charge is 0.350 e. The van der Waals surface area contributed by atoms with Crippen molar-refractivity contribution >= 4 is 21.8 Å². The number of rotatable bonds is 4. The summed E-state index contributed by atoms with van der Waals surface area (Å²) in [5.41, 5.74) is 1.98. The maximum atomic E-state index is 12.4. The lowest BCUT2D eigenvalue weighted by Gasteiger charge is -2.43. The zero-order chi connectivity index (χ0) is 15.5. The third-order valence-corrected chi connectivity index (χ3v) is 5.60. The van der Waals surface area contributed by atoms with Crippen molar-refractivity contribution in [1.29, 1.82) is 0 Å². The Morgan fingerprint density at radius 1 is 1.29 bits per heavy atom. The van der Waals surface area contributed by atoms with Crippen LogP contribution in [-0.2, 0) is 0 Å². The first kappa shape index (κ1) is 16.5. The molecule has 1 aromatic rings. The molecular formula is C17H25BrN2O. The van der Waals surface area contributed by atoms with Crippen LogP contribution in [0.15, 0.2) is 22.7 Å². The van der Waals surface area contributed by atoms with Gasteiger partial charge in [-0.2, -0.15) is 0 Å². The van der Waals surface area contributed by atoms with Crippen LogP contribution in [0.3, 0.4) is 0 Å². The van der Waals surface area contributed by atoms with E-state index < -0.39 is 0 Å². The molecule has 21 heavy (non-hydrogen) atoms. The molecular weight excluding hydrogens is 328 g/mol. The Bertz CT molecular complexity index is 508. The summed E-state index contributed by atoms with van der Waals surface area (Å²) in [4.78, 5) is 14.7. The maximum absolute atomic E-state index is 12.4. The van der Waals surface area contributed by atoms with Gasteiger partial charge in [0.25, 0.3) is 5.91 Å². The first-order valence-corrected chi connectivity index (χ1v) is 8.46. The third kappa shape index (κ3) is 3.86. The number of nitrogens with zero attached hydrogens (tertiary/aromatic N) is 1. The standard InChI is InChI=1S/C17H25BrN2O/c1-13-7-8-14(11-15(13)18)16(21)19-12-17(20(2)3)9-5-4-6-10-17/h7-8,11H,4-6,9-10,12H2,1-3H3,(H,19,21). The Labute approximate surface area is 136 Å². The van der Waals surface area contributed by atoms with E-state index >= 15 is 0 Å². The molecule has 1 N–H and O–H groups in total. The van der Waals surface area contributed by atoms with Gasteiger partial charge in [0.15, 0.2) is 0 Å². The van der Waals surface area contributed by atoms with Crippen molar-refractivity contribution in [3.05, 3.63) is 33.8 Å². The van der Waals surface area contributed by atoms with Gasteiger partial charge in [-0.05, 0) is 51.6 Å². The summed E-state index contributed by atoms with van der Waals surface area (Å²) in [6, 6.07) is 5.76. The van der Waals surface area contributed by atoms with E-state index in [0.29, 0.717) is 0 Å². The highest BCUT2D eigenvalue weighted by Gasteiger charge is 2.34. The van der Waals surface area contributed by atoms with Gasteiger partial charge in [0.2, 0.25) is 0 Å². The Morgan fingerprint density at radius 3 is 2.52 bits per heavy atom. The molecule has 0 unspecified atom stereocenters. The quantitative estimate of drug-likeness (QED) is 0.894. The van der Waals surface area contributed by atoms with E-state index in [9.17, 15) is 4.79 Å². The van der Waals surface area contributed by atoms with Crippen molar-refractivity contribution in [1.82, 2.24) is 10.2 Å². The van der Waals surface area contributed by atoms with Gasteiger partial charge >= 0.3 is 0 Å². The van der Waals surface area contributed by atoms with Crippen molar-refractivity contribution in [2.45, 2.75) is 44.6 Å². The molecule has 0 saturated heterocycles. The van der Waals surface area contributed by atoms with E-state index in [2.05, 4.69) is 40.2 Å². The second-order valence-corrected chi connectivity index (χ2v) is 7.18. The molecule has 0 heterocycles. The zero-order valence-electron chi connectivity index (χ0n) is 13.2. The number of likely N-dealkylation sites (N-methyl/N-ethyl adjacent to an activating group) is 1. The van der Waals surface area contributed by atoms with E-state index in [1.807, 2.05) is 25.1 Å². The fourth-order valence-corrected chi connectivity index (χ4v) is 3.45. The second-order valence-electron chi connectivity index (χ2n) is 6.33. The van der Waals surface area contributed by atoms with Gasteiger partial charge in [-0.1, -0.05) is 41.3 Å². The fourth-order valence-electron chi connectivity index (χ4n) is 3.07. The molecule has 1 fully saturated rings. The molecule has 4 heteroatoms. The highest BCUT2D eigenvalue weighted by atomic mass is 79.9. The predicted octanol–water partition coefficient (Wildman–Crippen LogP) is 3.75. The Balaban J connectivity index is 2.03. The summed E-state index contributed by atoms with van der Waals surface area (Å²) in [6.45, 7) is 2.75. The fraction of sp³-hybridized carbons (Fsp3) is 0.588. The lowest BCUT2D eigenvalue weighted by Crippen LogP contribution is -2.53. The number of aryl methyl sites for hydroxylation is 1. The van der Waals surface area contributed by atoms with E-state index in [4.69, 9.17) is 0 Å². The number of nitrogens with one attached hydrogen (secondary N) is 1.